The van der Waals surface area contributed by atoms with Crippen LogP contribution in [0.4, 0.5) is 13.2 Å². The van der Waals surface area contributed by atoms with E-state index in [1.54, 1.807) is 0 Å². The number of pyridine rings is 1. The van der Waals surface area contributed by atoms with Gasteiger partial charge in [-0.3, -0.25) is 4.98 Å². The Morgan fingerprint density at radius 3 is 2.25 bits per heavy atom. The highest BCUT2D eigenvalue weighted by molar-refractivity contribution is 5.60. The molecular weight excluding hydrogens is 363 g/mol. The van der Waals surface area contributed by atoms with Crippen molar-refractivity contribution in [1.29, 1.82) is 0 Å². The lowest BCUT2D eigenvalue weighted by atomic mass is 10.0. The lowest BCUT2D eigenvalue weighted by molar-refractivity contribution is -0.137. The normalized spacial score (nSPS) is 12.6. The Morgan fingerprint density at radius 1 is 0.964 bits per heavy atom. The summed E-state index contributed by atoms with van der Waals surface area (Å²) in [5.74, 6) is 0.804. The van der Waals surface area contributed by atoms with Crippen LogP contribution in [0.3, 0.4) is 0 Å². The largest absolute Gasteiger partial charge is 0.486 e. The molecule has 0 saturated heterocycles. The molecule has 0 bridgehead atoms. The molecule has 0 radical (unpaired) electrons. The Labute approximate surface area is 163 Å². The van der Waals surface area contributed by atoms with E-state index < -0.39 is 11.7 Å². The molecule has 5 heteroatoms. The van der Waals surface area contributed by atoms with E-state index in [-0.39, 0.29) is 6.10 Å². The highest BCUT2D eigenvalue weighted by atomic mass is 19.4. The van der Waals surface area contributed by atoms with Crippen LogP contribution in [0.2, 0.25) is 0 Å². The van der Waals surface area contributed by atoms with Gasteiger partial charge in [-0.2, -0.15) is 13.2 Å². The number of benzene rings is 2. The first-order valence-electron chi connectivity index (χ1n) is 9.16. The summed E-state index contributed by atoms with van der Waals surface area (Å²) in [4.78, 5) is 4.60. The third-order valence-electron chi connectivity index (χ3n) is 4.62. The van der Waals surface area contributed by atoms with E-state index in [2.05, 4.69) is 4.98 Å². The zero-order valence-electron chi connectivity index (χ0n) is 16.0. The number of halogens is 3. The smallest absolute Gasteiger partial charge is 0.416 e. The van der Waals surface area contributed by atoms with E-state index >= 15 is 0 Å². The van der Waals surface area contributed by atoms with Crippen molar-refractivity contribution in [2.75, 3.05) is 0 Å². The summed E-state index contributed by atoms with van der Waals surface area (Å²) < 4.78 is 44.4. The lowest BCUT2D eigenvalue weighted by Gasteiger charge is -2.20. The minimum absolute atomic E-state index is 0.143. The van der Waals surface area contributed by atoms with Crippen LogP contribution in [0.5, 0.6) is 5.75 Å². The monoisotopic (exact) mass is 385 g/mol. The average Bonchev–Trinajstić information content (AvgIpc) is 2.66. The maximum atomic E-state index is 12.7. The van der Waals surface area contributed by atoms with Crippen molar-refractivity contribution in [1.82, 2.24) is 4.98 Å². The highest BCUT2D eigenvalue weighted by Gasteiger charge is 2.30. The van der Waals surface area contributed by atoms with E-state index in [1.807, 2.05) is 57.2 Å². The van der Waals surface area contributed by atoms with Crippen LogP contribution in [-0.4, -0.2) is 4.98 Å². The molecular formula is C23H22F3NO. The van der Waals surface area contributed by atoms with Gasteiger partial charge in [0.1, 0.15) is 11.9 Å². The molecule has 1 aromatic heterocycles. The molecule has 1 heterocycles. The summed E-state index contributed by atoms with van der Waals surface area (Å²) in [5.41, 5.74) is 3.52. The Hall–Kier alpha value is -2.82. The van der Waals surface area contributed by atoms with Gasteiger partial charge in [0, 0.05) is 16.8 Å². The average molecular weight is 385 g/mol. The quantitative estimate of drug-likeness (QED) is 0.476. The predicted molar refractivity (Wildman–Crippen MR) is 104 cm³/mol. The molecule has 0 aliphatic rings. The van der Waals surface area contributed by atoms with Gasteiger partial charge >= 0.3 is 6.18 Å². The third kappa shape index (κ3) is 4.53. The first kappa shape index (κ1) is 19.9. The van der Waals surface area contributed by atoms with Crippen molar-refractivity contribution in [2.24, 2.45) is 0 Å². The molecule has 0 N–H and O–H groups in total. The fourth-order valence-corrected chi connectivity index (χ4v) is 3.12. The first-order valence-corrected chi connectivity index (χ1v) is 9.16. The molecule has 0 amide bonds. The van der Waals surface area contributed by atoms with Crippen molar-refractivity contribution < 1.29 is 17.9 Å². The van der Waals surface area contributed by atoms with Gasteiger partial charge in [-0.15, -0.1) is 0 Å². The molecule has 0 aliphatic carbocycles. The van der Waals surface area contributed by atoms with Crippen LogP contribution < -0.4 is 4.74 Å². The molecule has 1 atom stereocenters. The van der Waals surface area contributed by atoms with Crippen LogP contribution in [0.1, 0.15) is 41.8 Å². The predicted octanol–water partition coefficient (Wildman–Crippen LogP) is 6.91. The molecule has 0 spiro atoms. The number of aryl methyl sites for hydroxylation is 2. The minimum atomic E-state index is -4.34. The Balaban J connectivity index is 1.84. The van der Waals surface area contributed by atoms with Crippen LogP contribution >= 0.6 is 0 Å². The van der Waals surface area contributed by atoms with E-state index in [4.69, 9.17) is 4.74 Å². The van der Waals surface area contributed by atoms with Gasteiger partial charge in [-0.1, -0.05) is 37.3 Å². The highest BCUT2D eigenvalue weighted by Crippen LogP contribution is 2.32. The fourth-order valence-electron chi connectivity index (χ4n) is 3.12. The van der Waals surface area contributed by atoms with Crippen molar-refractivity contribution in [2.45, 2.75) is 39.5 Å². The number of nitrogens with zero attached hydrogens (tertiary/aromatic N) is 1. The van der Waals surface area contributed by atoms with Gasteiger partial charge in [-0.25, -0.2) is 0 Å². The van der Waals surface area contributed by atoms with Gasteiger partial charge < -0.3 is 4.74 Å². The number of hydrogen-bond donors (Lipinski definition) is 0. The zero-order valence-corrected chi connectivity index (χ0v) is 16.0. The summed E-state index contributed by atoms with van der Waals surface area (Å²) in [5, 5.41) is 0. The van der Waals surface area contributed by atoms with Crippen molar-refractivity contribution in [3.63, 3.8) is 0 Å². The van der Waals surface area contributed by atoms with Gasteiger partial charge in [0.25, 0.3) is 0 Å². The van der Waals surface area contributed by atoms with E-state index in [0.717, 1.165) is 41.1 Å². The number of ether oxygens (including phenoxy) is 1. The molecule has 28 heavy (non-hydrogen) atoms. The number of aromatic nitrogens is 1. The maximum absolute atomic E-state index is 12.7. The molecule has 3 aromatic rings. The zero-order chi connectivity index (χ0) is 20.3. The Morgan fingerprint density at radius 2 is 1.68 bits per heavy atom. The lowest BCUT2D eigenvalue weighted by Crippen LogP contribution is -2.09. The molecule has 0 saturated carbocycles. The second kappa shape index (κ2) is 8.05. The molecule has 146 valence electrons. The van der Waals surface area contributed by atoms with Gasteiger partial charge in [-0.05, 0) is 56.2 Å². The Bertz CT molecular complexity index is 949. The minimum Gasteiger partial charge on any atom is -0.486 e. The third-order valence-corrected chi connectivity index (χ3v) is 4.62. The maximum Gasteiger partial charge on any atom is 0.416 e. The molecule has 2 nitrogen and oxygen atoms in total. The summed E-state index contributed by atoms with van der Waals surface area (Å²) in [6.07, 6.45) is -3.71. The second-order valence-corrected chi connectivity index (χ2v) is 6.78. The van der Waals surface area contributed by atoms with Gasteiger partial charge in [0.15, 0.2) is 0 Å². The van der Waals surface area contributed by atoms with Crippen molar-refractivity contribution >= 4 is 0 Å². The molecule has 0 fully saturated rings. The van der Waals surface area contributed by atoms with Crippen molar-refractivity contribution in [3.8, 4) is 17.0 Å². The summed E-state index contributed by atoms with van der Waals surface area (Å²) in [7, 11) is 0. The van der Waals surface area contributed by atoms with E-state index in [0.29, 0.717) is 11.3 Å². The van der Waals surface area contributed by atoms with Crippen LogP contribution in [-0.2, 0) is 6.18 Å². The Kier molecular flexibility index (Phi) is 5.73. The molecule has 3 rings (SSSR count). The number of alkyl halides is 3. The first-order chi connectivity index (χ1) is 13.3. The van der Waals surface area contributed by atoms with Crippen LogP contribution in [0, 0.1) is 13.8 Å². The standard InChI is InChI=1S/C23H22F3NO/c1-4-22(28-19-7-5-6-15(2)14-19)20-12-13-21(27-16(20)3)17-8-10-18(11-9-17)23(24,25)26/h5-14,22H,4H2,1-3H3. The number of hydrogen-bond acceptors (Lipinski definition) is 2. The second-order valence-electron chi connectivity index (χ2n) is 6.78. The molecule has 0 aliphatic heterocycles. The molecule has 2 aromatic carbocycles. The SMILES string of the molecule is CCC(Oc1cccc(C)c1)c1ccc(-c2ccc(C(F)(F)F)cc2)nc1C. The van der Waals surface area contributed by atoms with E-state index in [9.17, 15) is 13.2 Å². The van der Waals surface area contributed by atoms with Crippen molar-refractivity contribution in [3.05, 3.63) is 83.0 Å². The number of rotatable bonds is 5. The topological polar surface area (TPSA) is 22.1 Å². The summed E-state index contributed by atoms with van der Waals surface area (Å²) >= 11 is 0. The van der Waals surface area contributed by atoms with E-state index in [1.165, 1.54) is 12.1 Å². The van der Waals surface area contributed by atoms with Gasteiger partial charge in [0.2, 0.25) is 0 Å². The van der Waals surface area contributed by atoms with Crippen LogP contribution in [0.15, 0.2) is 60.7 Å². The van der Waals surface area contributed by atoms with Crippen LogP contribution in [0.25, 0.3) is 11.3 Å². The molecule has 1 unspecified atom stereocenters. The fraction of sp³-hybridized carbons (Fsp3) is 0.261. The van der Waals surface area contributed by atoms with Gasteiger partial charge in [0.05, 0.1) is 11.3 Å². The summed E-state index contributed by atoms with van der Waals surface area (Å²) in [6.45, 7) is 5.95. The summed E-state index contributed by atoms with van der Waals surface area (Å²) in [6, 6.07) is 16.7.